The molecule has 0 unspecified atom stereocenters. The van der Waals surface area contributed by atoms with Crippen LogP contribution in [0.15, 0.2) is 30.3 Å². The minimum Gasteiger partial charge on any atom is -0.414 e. The van der Waals surface area contributed by atoms with Crippen LogP contribution in [-0.4, -0.2) is 58.5 Å². The number of hydrogen-bond donors (Lipinski definition) is 0. The Morgan fingerprint density at radius 2 is 1.77 bits per heavy atom. The van der Waals surface area contributed by atoms with Gasteiger partial charge in [0, 0.05) is 7.11 Å². The third-order valence-corrected chi connectivity index (χ3v) is 11.0. The standard InChI is InChI=1S/C23H38O6Si/c1-21(2,3)30(7,8)27-15-18-19(25-14-17-12-10-9-11-13-17)20-23(24-6,28-18)16-26-22(4,5)29-20/h9-13,18-20H,14-16H2,1-8H3/t18-,19-,20+,23+/m1/s1. The van der Waals surface area contributed by atoms with Gasteiger partial charge in [0.25, 0.3) is 0 Å². The van der Waals surface area contributed by atoms with E-state index in [1.165, 1.54) is 0 Å². The monoisotopic (exact) mass is 438 g/mol. The van der Waals surface area contributed by atoms with Gasteiger partial charge in [-0.25, -0.2) is 0 Å². The zero-order chi connectivity index (χ0) is 22.2. The number of methoxy groups -OCH3 is 1. The Balaban J connectivity index is 1.81. The summed E-state index contributed by atoms with van der Waals surface area (Å²) in [6.45, 7) is 16.2. The molecule has 0 aliphatic carbocycles. The predicted octanol–water partition coefficient (Wildman–Crippen LogP) is 4.49. The second-order valence-electron chi connectivity index (χ2n) is 10.2. The van der Waals surface area contributed by atoms with E-state index in [9.17, 15) is 0 Å². The smallest absolute Gasteiger partial charge is 0.222 e. The average Bonchev–Trinajstić information content (AvgIpc) is 2.97. The summed E-state index contributed by atoms with van der Waals surface area (Å²) in [5, 5.41) is 0.110. The fourth-order valence-electron chi connectivity index (χ4n) is 3.54. The van der Waals surface area contributed by atoms with Crippen LogP contribution < -0.4 is 0 Å². The number of rotatable bonds is 7. The number of hydrogen-bond acceptors (Lipinski definition) is 6. The largest absolute Gasteiger partial charge is 0.414 e. The van der Waals surface area contributed by atoms with Crippen LogP contribution in [0, 0.1) is 0 Å². The lowest BCUT2D eigenvalue weighted by atomic mass is 10.0. The van der Waals surface area contributed by atoms with Crippen LogP contribution in [0.3, 0.4) is 0 Å². The molecule has 0 aromatic heterocycles. The highest BCUT2D eigenvalue weighted by molar-refractivity contribution is 6.74. The van der Waals surface area contributed by atoms with Crippen molar-refractivity contribution < 1.29 is 28.1 Å². The normalized spacial score (nSPS) is 31.5. The molecular formula is C23H38O6Si. The van der Waals surface area contributed by atoms with Gasteiger partial charge in [0.2, 0.25) is 5.79 Å². The SMILES string of the molecule is CO[C@]12COC(C)(C)O[C@H]1[C@H](OCc1ccccc1)[C@@H](CO[Si](C)(C)C(C)(C)C)O2. The van der Waals surface area contributed by atoms with Crippen LogP contribution in [-0.2, 0) is 34.7 Å². The third kappa shape index (κ3) is 4.98. The van der Waals surface area contributed by atoms with Crippen molar-refractivity contribution in [2.45, 2.75) is 89.2 Å². The summed E-state index contributed by atoms with van der Waals surface area (Å²) in [7, 11) is -0.321. The van der Waals surface area contributed by atoms with Gasteiger partial charge in [0.1, 0.15) is 24.9 Å². The van der Waals surface area contributed by atoms with Crippen molar-refractivity contribution in [2.75, 3.05) is 20.3 Å². The molecule has 3 rings (SSSR count). The minimum atomic E-state index is -1.95. The Kier molecular flexibility index (Phi) is 6.85. The number of fused-ring (bicyclic) bond motifs is 1. The maximum absolute atomic E-state index is 6.49. The zero-order valence-electron chi connectivity index (χ0n) is 19.7. The van der Waals surface area contributed by atoms with Gasteiger partial charge < -0.3 is 28.1 Å². The Hall–Kier alpha value is -0.803. The molecule has 0 N–H and O–H groups in total. The van der Waals surface area contributed by atoms with Crippen molar-refractivity contribution in [3.05, 3.63) is 35.9 Å². The summed E-state index contributed by atoms with van der Waals surface area (Å²) in [4.78, 5) is 0. The molecular weight excluding hydrogens is 400 g/mol. The molecule has 7 heteroatoms. The van der Waals surface area contributed by atoms with Crippen molar-refractivity contribution in [1.29, 1.82) is 0 Å². The zero-order valence-corrected chi connectivity index (χ0v) is 20.7. The van der Waals surface area contributed by atoms with E-state index in [0.717, 1.165) is 5.56 Å². The minimum absolute atomic E-state index is 0.110. The van der Waals surface area contributed by atoms with Crippen molar-refractivity contribution in [3.63, 3.8) is 0 Å². The number of benzene rings is 1. The van der Waals surface area contributed by atoms with Gasteiger partial charge >= 0.3 is 0 Å². The first-order valence-corrected chi connectivity index (χ1v) is 13.6. The topological polar surface area (TPSA) is 55.4 Å². The summed E-state index contributed by atoms with van der Waals surface area (Å²) in [5.41, 5.74) is 1.10. The van der Waals surface area contributed by atoms with Crippen LogP contribution >= 0.6 is 0 Å². The van der Waals surface area contributed by atoms with Crippen molar-refractivity contribution >= 4 is 8.32 Å². The van der Waals surface area contributed by atoms with Gasteiger partial charge in [0.15, 0.2) is 14.1 Å². The third-order valence-electron chi connectivity index (χ3n) is 6.53. The molecule has 0 spiro atoms. The summed E-state index contributed by atoms with van der Waals surface area (Å²) >= 11 is 0. The highest BCUT2D eigenvalue weighted by Gasteiger charge is 2.62. The lowest BCUT2D eigenvalue weighted by molar-refractivity contribution is -0.385. The first-order valence-electron chi connectivity index (χ1n) is 10.7. The highest BCUT2D eigenvalue weighted by Crippen LogP contribution is 2.44. The van der Waals surface area contributed by atoms with Crippen molar-refractivity contribution in [2.24, 2.45) is 0 Å². The summed E-state index contributed by atoms with van der Waals surface area (Å²) < 4.78 is 37.3. The molecule has 4 atom stereocenters. The maximum Gasteiger partial charge on any atom is 0.222 e. The first kappa shape index (κ1) is 23.9. The average molecular weight is 439 g/mol. The van der Waals surface area contributed by atoms with E-state index in [4.69, 9.17) is 28.1 Å². The van der Waals surface area contributed by atoms with Gasteiger partial charge in [-0.3, -0.25) is 0 Å². The van der Waals surface area contributed by atoms with E-state index in [1.54, 1.807) is 7.11 Å². The molecule has 2 heterocycles. The Bertz CT molecular complexity index is 701. The van der Waals surface area contributed by atoms with Crippen LogP contribution in [0.2, 0.25) is 18.1 Å². The second kappa shape index (κ2) is 8.62. The van der Waals surface area contributed by atoms with Gasteiger partial charge in [0.05, 0.1) is 13.2 Å². The molecule has 2 aliphatic heterocycles. The van der Waals surface area contributed by atoms with Crippen LogP contribution in [0.25, 0.3) is 0 Å². The second-order valence-corrected chi connectivity index (χ2v) is 15.0. The lowest BCUT2D eigenvalue weighted by Crippen LogP contribution is -2.59. The molecule has 2 aliphatic rings. The molecule has 2 fully saturated rings. The molecule has 2 saturated heterocycles. The Labute approximate surface area is 182 Å². The molecule has 30 heavy (non-hydrogen) atoms. The summed E-state index contributed by atoms with van der Waals surface area (Å²) in [5.74, 6) is -1.74. The van der Waals surface area contributed by atoms with Crippen molar-refractivity contribution in [3.8, 4) is 0 Å². The van der Waals surface area contributed by atoms with E-state index in [0.29, 0.717) is 13.2 Å². The molecule has 0 radical (unpaired) electrons. The van der Waals surface area contributed by atoms with Crippen LogP contribution in [0.4, 0.5) is 0 Å². The van der Waals surface area contributed by atoms with Crippen molar-refractivity contribution in [1.82, 2.24) is 0 Å². The summed E-state index contributed by atoms with van der Waals surface area (Å²) in [6, 6.07) is 10.1. The first-order chi connectivity index (χ1) is 13.9. The molecule has 1 aromatic rings. The fraction of sp³-hybridized carbons (Fsp3) is 0.739. The van der Waals surface area contributed by atoms with E-state index in [-0.39, 0.29) is 23.9 Å². The Morgan fingerprint density at radius 1 is 1.10 bits per heavy atom. The number of ether oxygens (including phenoxy) is 5. The Morgan fingerprint density at radius 3 is 2.37 bits per heavy atom. The van der Waals surface area contributed by atoms with Gasteiger partial charge in [-0.15, -0.1) is 0 Å². The maximum atomic E-state index is 6.49. The quantitative estimate of drug-likeness (QED) is 0.585. The predicted molar refractivity (Wildman–Crippen MR) is 118 cm³/mol. The van der Waals surface area contributed by atoms with Crippen LogP contribution in [0.1, 0.15) is 40.2 Å². The van der Waals surface area contributed by atoms with E-state index in [1.807, 2.05) is 32.0 Å². The van der Waals surface area contributed by atoms with Gasteiger partial charge in [-0.1, -0.05) is 51.1 Å². The van der Waals surface area contributed by atoms with Crippen LogP contribution in [0.5, 0.6) is 0 Å². The molecule has 0 amide bonds. The molecule has 0 bridgehead atoms. The van der Waals surface area contributed by atoms with Gasteiger partial charge in [-0.2, -0.15) is 0 Å². The molecule has 1 aromatic carbocycles. The lowest BCUT2D eigenvalue weighted by Gasteiger charge is -2.44. The molecule has 6 nitrogen and oxygen atoms in total. The van der Waals surface area contributed by atoms with E-state index < -0.39 is 26.0 Å². The fourth-order valence-corrected chi connectivity index (χ4v) is 4.56. The van der Waals surface area contributed by atoms with Gasteiger partial charge in [-0.05, 0) is 37.5 Å². The summed E-state index contributed by atoms with van der Waals surface area (Å²) in [6.07, 6.45) is -1.06. The van der Waals surface area contributed by atoms with E-state index >= 15 is 0 Å². The highest BCUT2D eigenvalue weighted by atomic mass is 28.4. The van der Waals surface area contributed by atoms with E-state index in [2.05, 4.69) is 46.0 Å². The molecule has 0 saturated carbocycles. The molecule has 170 valence electrons.